The first-order valence-electron chi connectivity index (χ1n) is 10.7. The smallest absolute Gasteiger partial charge is 0.243 e. The van der Waals surface area contributed by atoms with Crippen LogP contribution in [0, 0.1) is 0 Å². The van der Waals surface area contributed by atoms with Gasteiger partial charge in [-0.15, -0.1) is 0 Å². The number of rotatable bonds is 19. The summed E-state index contributed by atoms with van der Waals surface area (Å²) in [5, 5.41) is 5.59. The highest BCUT2D eigenvalue weighted by molar-refractivity contribution is 5.87. The highest BCUT2D eigenvalue weighted by Crippen LogP contribution is 2.00. The van der Waals surface area contributed by atoms with Crippen LogP contribution in [0.1, 0.15) is 12.8 Å². The highest BCUT2D eigenvalue weighted by Gasteiger charge is 2.15. The van der Waals surface area contributed by atoms with Gasteiger partial charge in [0.15, 0.2) is 0 Å². The minimum Gasteiger partial charge on any atom is -0.373 e. The van der Waals surface area contributed by atoms with Gasteiger partial charge in [-0.25, -0.2) is 0 Å². The summed E-state index contributed by atoms with van der Waals surface area (Å²) in [5.41, 5.74) is 0. The van der Waals surface area contributed by atoms with Gasteiger partial charge in [0.1, 0.15) is 13.1 Å². The van der Waals surface area contributed by atoms with Gasteiger partial charge in [0, 0.05) is 25.9 Å². The fourth-order valence-corrected chi connectivity index (χ4v) is 2.75. The lowest BCUT2D eigenvalue weighted by Gasteiger charge is -2.30. The van der Waals surface area contributed by atoms with Crippen molar-refractivity contribution in [3.63, 3.8) is 0 Å². The normalized spacial score (nSPS) is 11.7. The summed E-state index contributed by atoms with van der Waals surface area (Å²) in [7, 11) is 8.66. The van der Waals surface area contributed by atoms with E-state index < -0.39 is 0 Å². The number of carbonyl (C=O) groups is 2. The van der Waals surface area contributed by atoms with Crippen molar-refractivity contribution in [2.45, 2.75) is 12.8 Å². The molecule has 0 fully saturated rings. The molecule has 8 heteroatoms. The Morgan fingerprint density at radius 3 is 1.40 bits per heavy atom. The van der Waals surface area contributed by atoms with E-state index in [1.165, 1.54) is 12.2 Å². The Morgan fingerprint density at radius 1 is 0.700 bits per heavy atom. The van der Waals surface area contributed by atoms with E-state index in [0.717, 1.165) is 48.0 Å². The van der Waals surface area contributed by atoms with Crippen molar-refractivity contribution in [2.75, 3.05) is 93.9 Å². The van der Waals surface area contributed by atoms with Gasteiger partial charge in [-0.1, -0.05) is 13.2 Å². The molecule has 0 saturated carbocycles. The van der Waals surface area contributed by atoms with Crippen LogP contribution in [0.4, 0.5) is 0 Å². The number of nitrogens with one attached hydrogen (secondary N) is 2. The molecule has 0 heterocycles. The minimum atomic E-state index is -0.122. The average Bonchev–Trinajstić information content (AvgIpc) is 2.70. The molecule has 2 amide bonds. The lowest BCUT2D eigenvalue weighted by Crippen LogP contribution is -2.44. The van der Waals surface area contributed by atoms with E-state index >= 15 is 0 Å². The minimum absolute atomic E-state index is 0.122. The zero-order valence-electron chi connectivity index (χ0n) is 19.6. The van der Waals surface area contributed by atoms with Crippen molar-refractivity contribution in [3.05, 3.63) is 25.3 Å². The van der Waals surface area contributed by atoms with Crippen molar-refractivity contribution in [1.29, 1.82) is 0 Å². The number of quaternary nitrogens is 2. The van der Waals surface area contributed by atoms with E-state index in [4.69, 9.17) is 9.47 Å². The van der Waals surface area contributed by atoms with Crippen molar-refractivity contribution in [3.8, 4) is 0 Å². The van der Waals surface area contributed by atoms with Crippen molar-refractivity contribution >= 4 is 11.8 Å². The molecule has 0 aromatic rings. The van der Waals surface area contributed by atoms with E-state index in [2.05, 4.69) is 52.0 Å². The molecule has 0 bridgehead atoms. The van der Waals surface area contributed by atoms with Crippen LogP contribution in [0.15, 0.2) is 25.3 Å². The second-order valence-corrected chi connectivity index (χ2v) is 8.69. The summed E-state index contributed by atoms with van der Waals surface area (Å²) in [6.45, 7) is 14.6. The maximum atomic E-state index is 11.1. The molecule has 0 spiro atoms. The van der Waals surface area contributed by atoms with Gasteiger partial charge in [0.25, 0.3) is 0 Å². The van der Waals surface area contributed by atoms with E-state index in [-0.39, 0.29) is 11.8 Å². The average molecular weight is 429 g/mol. The Bertz CT molecular complexity index is 475. The third-order valence-corrected chi connectivity index (χ3v) is 4.90. The molecule has 0 aliphatic rings. The Labute approximate surface area is 183 Å². The number of carbonyl (C=O) groups excluding carboxylic acids is 2. The molecule has 2 N–H and O–H groups in total. The standard InChI is InChI=1S/C22H42N4O4/c1-7-21(27)23-11-9-13-25(3,4)15-17-29-19-20-30-18-16-26(5,6)14-10-12-24-22(28)8-2/h7-8H,1-2,9-20H2,3-6H3/p+2. The highest BCUT2D eigenvalue weighted by atomic mass is 16.5. The Balaban J connectivity index is 3.64. The van der Waals surface area contributed by atoms with Crippen LogP contribution in [0.2, 0.25) is 0 Å². The molecule has 0 unspecified atom stereocenters. The van der Waals surface area contributed by atoms with Gasteiger partial charge in [0.05, 0.1) is 67.7 Å². The van der Waals surface area contributed by atoms with Crippen LogP contribution >= 0.6 is 0 Å². The maximum Gasteiger partial charge on any atom is 0.243 e. The molecular formula is C22H44N4O4+2. The predicted octanol–water partition coefficient (Wildman–Crippen LogP) is 0.557. The summed E-state index contributed by atoms with van der Waals surface area (Å²) in [4.78, 5) is 22.2. The third kappa shape index (κ3) is 17.1. The second kappa shape index (κ2) is 16.0. The fraction of sp³-hybridized carbons (Fsp3) is 0.727. The van der Waals surface area contributed by atoms with Gasteiger partial charge < -0.3 is 29.1 Å². The Morgan fingerprint density at radius 2 is 1.07 bits per heavy atom. The summed E-state index contributed by atoms with van der Waals surface area (Å²) in [6.07, 6.45) is 4.43. The largest absolute Gasteiger partial charge is 0.373 e. The van der Waals surface area contributed by atoms with E-state index in [1.54, 1.807) is 0 Å². The lowest BCUT2D eigenvalue weighted by molar-refractivity contribution is -0.891. The number of hydrogen-bond acceptors (Lipinski definition) is 4. The number of likely N-dealkylation sites (N-methyl/N-ethyl adjacent to an activating group) is 2. The van der Waals surface area contributed by atoms with E-state index in [0.29, 0.717) is 39.5 Å². The van der Waals surface area contributed by atoms with Crippen molar-refractivity contribution < 1.29 is 28.0 Å². The van der Waals surface area contributed by atoms with Crippen LogP contribution in [0.5, 0.6) is 0 Å². The molecule has 8 nitrogen and oxygen atoms in total. The zero-order valence-corrected chi connectivity index (χ0v) is 19.6. The Kier molecular flexibility index (Phi) is 15.1. The number of ether oxygens (including phenoxy) is 2. The maximum absolute atomic E-state index is 11.1. The van der Waals surface area contributed by atoms with Crippen LogP contribution < -0.4 is 10.6 Å². The molecular weight excluding hydrogens is 384 g/mol. The SMILES string of the molecule is C=CC(=O)NCCC[N+](C)(C)CCOCCOCC[N+](C)(C)CCCNC(=O)C=C. The molecule has 0 atom stereocenters. The summed E-state index contributed by atoms with van der Waals surface area (Å²) < 4.78 is 13.1. The zero-order chi connectivity index (χ0) is 22.9. The lowest BCUT2D eigenvalue weighted by atomic mass is 10.3. The first kappa shape index (κ1) is 28.3. The third-order valence-electron chi connectivity index (χ3n) is 4.90. The molecule has 0 aliphatic heterocycles. The number of amides is 2. The summed E-state index contributed by atoms with van der Waals surface area (Å²) >= 11 is 0. The molecule has 0 rings (SSSR count). The molecule has 0 saturated heterocycles. The van der Waals surface area contributed by atoms with Crippen LogP contribution in [-0.2, 0) is 19.1 Å². The van der Waals surface area contributed by atoms with Gasteiger partial charge in [0.2, 0.25) is 11.8 Å². The van der Waals surface area contributed by atoms with Crippen molar-refractivity contribution in [1.82, 2.24) is 10.6 Å². The van der Waals surface area contributed by atoms with Crippen LogP contribution in [-0.4, -0.2) is 115 Å². The van der Waals surface area contributed by atoms with E-state index in [9.17, 15) is 9.59 Å². The predicted molar refractivity (Wildman–Crippen MR) is 121 cm³/mol. The van der Waals surface area contributed by atoms with Gasteiger partial charge in [-0.05, 0) is 12.2 Å². The fourth-order valence-electron chi connectivity index (χ4n) is 2.75. The van der Waals surface area contributed by atoms with E-state index in [1.807, 2.05) is 0 Å². The first-order valence-corrected chi connectivity index (χ1v) is 10.7. The topological polar surface area (TPSA) is 76.7 Å². The van der Waals surface area contributed by atoms with Crippen LogP contribution in [0.25, 0.3) is 0 Å². The van der Waals surface area contributed by atoms with Gasteiger partial charge in [-0.2, -0.15) is 0 Å². The monoisotopic (exact) mass is 428 g/mol. The summed E-state index contributed by atoms with van der Waals surface area (Å²) in [6, 6.07) is 0. The van der Waals surface area contributed by atoms with Crippen LogP contribution in [0.3, 0.4) is 0 Å². The molecule has 0 aliphatic carbocycles. The quantitative estimate of drug-likeness (QED) is 0.179. The van der Waals surface area contributed by atoms with Gasteiger partial charge >= 0.3 is 0 Å². The molecule has 0 aromatic heterocycles. The summed E-state index contributed by atoms with van der Waals surface area (Å²) in [5.74, 6) is -0.245. The van der Waals surface area contributed by atoms with Gasteiger partial charge in [-0.3, -0.25) is 9.59 Å². The first-order chi connectivity index (χ1) is 14.1. The van der Waals surface area contributed by atoms with Crippen molar-refractivity contribution in [2.24, 2.45) is 0 Å². The second-order valence-electron chi connectivity index (χ2n) is 8.69. The molecule has 0 radical (unpaired) electrons. The Hall–Kier alpha value is -1.74. The number of nitrogens with zero attached hydrogens (tertiary/aromatic N) is 2. The molecule has 174 valence electrons. The molecule has 30 heavy (non-hydrogen) atoms. The number of hydrogen-bond donors (Lipinski definition) is 2. The molecule has 0 aromatic carbocycles.